The SMILES string of the molecule is C[C@@H](NC(c1ccccc1)c1ccccc1)C(=O)N(C)[C@@H]1CCS(=O)(=O)C1. The second-order valence-electron chi connectivity index (χ2n) is 7.15. The third-order valence-electron chi connectivity index (χ3n) is 5.16. The van der Waals surface area contributed by atoms with Crippen LogP contribution in [0, 0.1) is 0 Å². The van der Waals surface area contributed by atoms with Crippen LogP contribution in [0.4, 0.5) is 0 Å². The Hall–Kier alpha value is -2.18. The van der Waals surface area contributed by atoms with Crippen LogP contribution in [0.25, 0.3) is 0 Å². The van der Waals surface area contributed by atoms with Crippen molar-refractivity contribution in [1.29, 1.82) is 0 Å². The Balaban J connectivity index is 1.76. The summed E-state index contributed by atoms with van der Waals surface area (Å²) in [5, 5.41) is 3.43. The summed E-state index contributed by atoms with van der Waals surface area (Å²) >= 11 is 0. The van der Waals surface area contributed by atoms with Gasteiger partial charge in [0.25, 0.3) is 0 Å². The normalized spacial score (nSPS) is 19.7. The van der Waals surface area contributed by atoms with Crippen molar-refractivity contribution in [2.75, 3.05) is 18.6 Å². The van der Waals surface area contributed by atoms with E-state index in [9.17, 15) is 13.2 Å². The molecule has 27 heavy (non-hydrogen) atoms. The Bertz CT molecular complexity index is 829. The molecule has 6 heteroatoms. The number of rotatable bonds is 6. The molecule has 5 nitrogen and oxygen atoms in total. The quantitative estimate of drug-likeness (QED) is 0.828. The van der Waals surface area contributed by atoms with Gasteiger partial charge in [0.2, 0.25) is 5.91 Å². The van der Waals surface area contributed by atoms with Crippen molar-refractivity contribution in [3.63, 3.8) is 0 Å². The summed E-state index contributed by atoms with van der Waals surface area (Å²) in [7, 11) is -1.32. The topological polar surface area (TPSA) is 66.5 Å². The summed E-state index contributed by atoms with van der Waals surface area (Å²) in [4.78, 5) is 14.5. The van der Waals surface area contributed by atoms with Crippen LogP contribution in [0.15, 0.2) is 60.7 Å². The van der Waals surface area contributed by atoms with E-state index in [4.69, 9.17) is 0 Å². The van der Waals surface area contributed by atoms with Gasteiger partial charge < -0.3 is 4.90 Å². The van der Waals surface area contributed by atoms with Gasteiger partial charge in [0.05, 0.1) is 23.6 Å². The molecule has 144 valence electrons. The van der Waals surface area contributed by atoms with Crippen LogP contribution < -0.4 is 5.32 Å². The maximum Gasteiger partial charge on any atom is 0.239 e. The molecule has 1 aliphatic heterocycles. The summed E-state index contributed by atoms with van der Waals surface area (Å²) in [6.45, 7) is 1.83. The third-order valence-corrected chi connectivity index (χ3v) is 6.91. The number of carbonyl (C=O) groups excluding carboxylic acids is 1. The molecule has 0 radical (unpaired) electrons. The molecule has 3 rings (SSSR count). The molecule has 2 aromatic rings. The molecule has 2 aromatic carbocycles. The highest BCUT2D eigenvalue weighted by atomic mass is 32.2. The van der Waals surface area contributed by atoms with Crippen LogP contribution in [0.3, 0.4) is 0 Å². The third kappa shape index (κ3) is 4.76. The number of sulfone groups is 1. The van der Waals surface area contributed by atoms with Crippen molar-refractivity contribution in [3.05, 3.63) is 71.8 Å². The predicted octanol–water partition coefficient (Wildman–Crippen LogP) is 2.40. The Morgan fingerprint density at radius 3 is 2.00 bits per heavy atom. The van der Waals surface area contributed by atoms with Gasteiger partial charge in [0.15, 0.2) is 9.84 Å². The fourth-order valence-corrected chi connectivity index (χ4v) is 5.34. The van der Waals surface area contributed by atoms with Gasteiger partial charge in [-0.25, -0.2) is 8.42 Å². The van der Waals surface area contributed by atoms with Crippen molar-refractivity contribution in [3.8, 4) is 0 Å². The summed E-state index contributed by atoms with van der Waals surface area (Å²) in [6, 6.07) is 19.2. The molecular weight excluding hydrogens is 360 g/mol. The molecule has 0 spiro atoms. The number of amides is 1. The standard InChI is InChI=1S/C21H26N2O3S/c1-16(21(24)23(2)19-13-14-27(25,26)15-19)22-20(17-9-5-3-6-10-17)18-11-7-4-8-12-18/h3-12,16,19-20,22H,13-15H2,1-2H3/t16-,19-/m1/s1. The van der Waals surface area contributed by atoms with Gasteiger partial charge in [0.1, 0.15) is 0 Å². The van der Waals surface area contributed by atoms with Gasteiger partial charge in [-0.05, 0) is 24.5 Å². The maximum absolute atomic E-state index is 12.9. The highest BCUT2D eigenvalue weighted by Crippen LogP contribution is 2.23. The molecule has 0 saturated carbocycles. The van der Waals surface area contributed by atoms with E-state index in [1.807, 2.05) is 67.6 Å². The summed E-state index contributed by atoms with van der Waals surface area (Å²) < 4.78 is 23.5. The second kappa shape index (κ2) is 8.23. The monoisotopic (exact) mass is 386 g/mol. The first-order chi connectivity index (χ1) is 12.9. The molecule has 1 fully saturated rings. The van der Waals surface area contributed by atoms with Crippen LogP contribution in [0.5, 0.6) is 0 Å². The molecule has 0 aliphatic carbocycles. The van der Waals surface area contributed by atoms with Crippen LogP contribution in [0.1, 0.15) is 30.5 Å². The molecule has 1 amide bonds. The zero-order valence-corrected chi connectivity index (χ0v) is 16.5. The molecule has 2 atom stereocenters. The van der Waals surface area contributed by atoms with Crippen molar-refractivity contribution < 1.29 is 13.2 Å². The molecule has 1 N–H and O–H groups in total. The van der Waals surface area contributed by atoms with E-state index in [0.717, 1.165) is 11.1 Å². The zero-order valence-electron chi connectivity index (χ0n) is 15.7. The lowest BCUT2D eigenvalue weighted by molar-refractivity contribution is -0.133. The Morgan fingerprint density at radius 2 is 1.56 bits per heavy atom. The Labute approximate surface area is 161 Å². The predicted molar refractivity (Wildman–Crippen MR) is 107 cm³/mol. The van der Waals surface area contributed by atoms with E-state index in [1.54, 1.807) is 11.9 Å². The average molecular weight is 387 g/mol. The lowest BCUT2D eigenvalue weighted by atomic mass is 9.97. The van der Waals surface area contributed by atoms with E-state index < -0.39 is 15.9 Å². The minimum Gasteiger partial charge on any atom is -0.340 e. The lowest BCUT2D eigenvalue weighted by Crippen LogP contribution is -2.48. The Kier molecular flexibility index (Phi) is 5.97. The first-order valence-corrected chi connectivity index (χ1v) is 11.0. The van der Waals surface area contributed by atoms with E-state index in [0.29, 0.717) is 6.42 Å². The summed E-state index contributed by atoms with van der Waals surface area (Å²) in [5.41, 5.74) is 2.16. The number of carbonyl (C=O) groups is 1. The van der Waals surface area contributed by atoms with Gasteiger partial charge in [-0.15, -0.1) is 0 Å². The van der Waals surface area contributed by atoms with Crippen molar-refractivity contribution in [1.82, 2.24) is 10.2 Å². The van der Waals surface area contributed by atoms with Crippen molar-refractivity contribution >= 4 is 15.7 Å². The summed E-state index contributed by atoms with van der Waals surface area (Å²) in [5.74, 6) is 0.130. The molecule has 1 heterocycles. The van der Waals surface area contributed by atoms with E-state index in [2.05, 4.69) is 5.32 Å². The highest BCUT2D eigenvalue weighted by Gasteiger charge is 2.34. The van der Waals surface area contributed by atoms with E-state index in [1.165, 1.54) is 0 Å². The molecule has 0 unspecified atom stereocenters. The molecule has 0 bridgehead atoms. The second-order valence-corrected chi connectivity index (χ2v) is 9.38. The molecule has 0 aromatic heterocycles. The lowest BCUT2D eigenvalue weighted by Gasteiger charge is -2.30. The molecule has 1 saturated heterocycles. The Morgan fingerprint density at radius 1 is 1.04 bits per heavy atom. The first-order valence-electron chi connectivity index (χ1n) is 9.20. The minimum atomic E-state index is -3.02. The average Bonchev–Trinajstić information content (AvgIpc) is 3.06. The van der Waals surface area contributed by atoms with Gasteiger partial charge in [-0.2, -0.15) is 0 Å². The van der Waals surface area contributed by atoms with Gasteiger partial charge in [0, 0.05) is 13.1 Å². The zero-order chi connectivity index (χ0) is 19.4. The fourth-order valence-electron chi connectivity index (χ4n) is 3.56. The number of hydrogen-bond donors (Lipinski definition) is 1. The van der Waals surface area contributed by atoms with Crippen LogP contribution in [-0.4, -0.2) is 49.9 Å². The van der Waals surface area contributed by atoms with Crippen LogP contribution in [0.2, 0.25) is 0 Å². The molecular formula is C21H26N2O3S. The number of likely N-dealkylation sites (N-methyl/N-ethyl adjacent to an activating group) is 1. The highest BCUT2D eigenvalue weighted by molar-refractivity contribution is 7.91. The number of hydrogen-bond acceptors (Lipinski definition) is 4. The number of benzene rings is 2. The minimum absolute atomic E-state index is 0.0583. The van der Waals surface area contributed by atoms with Gasteiger partial charge >= 0.3 is 0 Å². The summed E-state index contributed by atoms with van der Waals surface area (Å²) in [6.07, 6.45) is 0.512. The first kappa shape index (κ1) is 19.6. The molecule has 1 aliphatic rings. The van der Waals surface area contributed by atoms with Gasteiger partial charge in [-0.3, -0.25) is 10.1 Å². The smallest absolute Gasteiger partial charge is 0.239 e. The van der Waals surface area contributed by atoms with Crippen molar-refractivity contribution in [2.45, 2.75) is 31.5 Å². The van der Waals surface area contributed by atoms with Crippen LogP contribution >= 0.6 is 0 Å². The van der Waals surface area contributed by atoms with Gasteiger partial charge in [-0.1, -0.05) is 60.7 Å². The van der Waals surface area contributed by atoms with E-state index in [-0.39, 0.29) is 29.5 Å². The largest absolute Gasteiger partial charge is 0.340 e. The van der Waals surface area contributed by atoms with Crippen LogP contribution in [-0.2, 0) is 14.6 Å². The number of nitrogens with zero attached hydrogens (tertiary/aromatic N) is 1. The van der Waals surface area contributed by atoms with E-state index >= 15 is 0 Å². The number of nitrogens with one attached hydrogen (secondary N) is 1. The van der Waals surface area contributed by atoms with Crippen molar-refractivity contribution in [2.24, 2.45) is 0 Å². The fraction of sp³-hybridized carbons (Fsp3) is 0.381. The maximum atomic E-state index is 12.9.